The fraction of sp³-hybridized carbons (Fsp3) is 0.304. The molecule has 4 rings (SSSR count). The second-order valence-electron chi connectivity index (χ2n) is 7.75. The highest BCUT2D eigenvalue weighted by atomic mass is 32.1. The summed E-state index contributed by atoms with van der Waals surface area (Å²) in [5.74, 6) is 0.414. The van der Waals surface area contributed by atoms with Crippen molar-refractivity contribution in [2.24, 2.45) is 5.92 Å². The number of rotatable bonds is 6. The normalized spacial score (nSPS) is 14.9. The molecule has 0 spiro atoms. The zero-order chi connectivity index (χ0) is 21.4. The Morgan fingerprint density at radius 1 is 1.30 bits per heavy atom. The third-order valence-corrected chi connectivity index (χ3v) is 6.14. The summed E-state index contributed by atoms with van der Waals surface area (Å²) in [5.41, 5.74) is 1.83. The number of pyridine rings is 1. The summed E-state index contributed by atoms with van der Waals surface area (Å²) >= 11 is 1.61. The van der Waals surface area contributed by atoms with E-state index in [1.54, 1.807) is 18.4 Å². The van der Waals surface area contributed by atoms with Gasteiger partial charge >= 0.3 is 5.97 Å². The van der Waals surface area contributed by atoms with Crippen molar-refractivity contribution in [2.45, 2.75) is 26.3 Å². The number of fused-ring (bicyclic) bond motifs is 3. The van der Waals surface area contributed by atoms with Crippen molar-refractivity contribution in [2.75, 3.05) is 13.7 Å². The fourth-order valence-electron chi connectivity index (χ4n) is 3.75. The van der Waals surface area contributed by atoms with E-state index in [1.165, 1.54) is 12.3 Å². The SMILES string of the molecule is COc1cc2c(cc1OCC(C)C)CC(c1cccs1)n1cc(C(=O)O)c(=O)cc1-2. The van der Waals surface area contributed by atoms with Crippen LogP contribution >= 0.6 is 11.3 Å². The second kappa shape index (κ2) is 7.99. The van der Waals surface area contributed by atoms with Gasteiger partial charge in [-0.1, -0.05) is 19.9 Å². The average molecular weight is 426 g/mol. The highest BCUT2D eigenvalue weighted by Gasteiger charge is 2.29. The average Bonchev–Trinajstić information content (AvgIpc) is 3.24. The van der Waals surface area contributed by atoms with Gasteiger partial charge in [-0.3, -0.25) is 4.79 Å². The Hall–Kier alpha value is -3.06. The van der Waals surface area contributed by atoms with Crippen LogP contribution in [-0.4, -0.2) is 29.4 Å². The molecule has 1 unspecified atom stereocenters. The zero-order valence-electron chi connectivity index (χ0n) is 17.0. The van der Waals surface area contributed by atoms with E-state index >= 15 is 0 Å². The Balaban J connectivity index is 1.91. The van der Waals surface area contributed by atoms with Gasteiger partial charge in [-0.2, -0.15) is 0 Å². The van der Waals surface area contributed by atoms with Crippen molar-refractivity contribution in [3.8, 4) is 22.8 Å². The number of carbonyl (C=O) groups is 1. The van der Waals surface area contributed by atoms with Crippen LogP contribution < -0.4 is 14.9 Å². The molecule has 30 heavy (non-hydrogen) atoms. The Kier molecular flexibility index (Phi) is 5.39. The molecule has 1 aromatic carbocycles. The fourth-order valence-corrected chi connectivity index (χ4v) is 4.57. The second-order valence-corrected chi connectivity index (χ2v) is 8.73. The van der Waals surface area contributed by atoms with Gasteiger partial charge in [-0.15, -0.1) is 11.3 Å². The van der Waals surface area contributed by atoms with Gasteiger partial charge in [-0.05, 0) is 41.5 Å². The molecule has 3 heterocycles. The van der Waals surface area contributed by atoms with Crippen LogP contribution in [0.3, 0.4) is 0 Å². The van der Waals surface area contributed by atoms with Crippen molar-refractivity contribution in [1.29, 1.82) is 0 Å². The molecule has 0 amide bonds. The van der Waals surface area contributed by atoms with Gasteiger partial charge in [0.2, 0.25) is 0 Å². The van der Waals surface area contributed by atoms with Crippen LogP contribution in [0.2, 0.25) is 0 Å². The maximum Gasteiger partial charge on any atom is 0.341 e. The number of hydrogen-bond acceptors (Lipinski definition) is 5. The van der Waals surface area contributed by atoms with Gasteiger partial charge in [0, 0.05) is 22.7 Å². The highest BCUT2D eigenvalue weighted by Crippen LogP contribution is 2.43. The van der Waals surface area contributed by atoms with E-state index in [-0.39, 0.29) is 11.6 Å². The Bertz CT molecular complexity index is 1150. The lowest BCUT2D eigenvalue weighted by molar-refractivity contribution is 0.0694. The van der Waals surface area contributed by atoms with Gasteiger partial charge in [0.15, 0.2) is 16.9 Å². The predicted molar refractivity (Wildman–Crippen MR) is 116 cm³/mol. The van der Waals surface area contributed by atoms with Crippen LogP contribution in [0.4, 0.5) is 0 Å². The lowest BCUT2D eigenvalue weighted by atomic mass is 9.91. The topological polar surface area (TPSA) is 77.8 Å². The van der Waals surface area contributed by atoms with Crippen molar-refractivity contribution < 1.29 is 19.4 Å². The first kappa shape index (κ1) is 20.2. The maximum atomic E-state index is 12.5. The molecule has 1 N–H and O–H groups in total. The van der Waals surface area contributed by atoms with Crippen LogP contribution in [0.1, 0.15) is 40.7 Å². The number of aromatic nitrogens is 1. The van der Waals surface area contributed by atoms with E-state index in [4.69, 9.17) is 9.47 Å². The first-order valence-corrected chi connectivity index (χ1v) is 10.6. The third kappa shape index (κ3) is 3.61. The van der Waals surface area contributed by atoms with Gasteiger partial charge in [0.1, 0.15) is 5.56 Å². The number of thiophene rings is 1. The number of aromatic carboxylic acids is 1. The number of ether oxygens (including phenoxy) is 2. The molecule has 0 saturated heterocycles. The molecule has 156 valence electrons. The summed E-state index contributed by atoms with van der Waals surface area (Å²) in [6, 6.07) is 9.18. The van der Waals surface area contributed by atoms with E-state index in [0.29, 0.717) is 36.1 Å². The number of carboxylic acid groups (broad SMARTS) is 1. The number of hydrogen-bond donors (Lipinski definition) is 1. The summed E-state index contributed by atoms with van der Waals surface area (Å²) in [6.07, 6.45) is 2.12. The monoisotopic (exact) mass is 425 g/mol. The number of benzene rings is 1. The van der Waals surface area contributed by atoms with Crippen molar-refractivity contribution in [1.82, 2.24) is 4.57 Å². The van der Waals surface area contributed by atoms with Gasteiger partial charge in [0.25, 0.3) is 0 Å². The van der Waals surface area contributed by atoms with E-state index in [2.05, 4.69) is 13.8 Å². The molecule has 0 fully saturated rings. The predicted octanol–water partition coefficient (Wildman–Crippen LogP) is 4.46. The molecular formula is C23H23NO5S. The summed E-state index contributed by atoms with van der Waals surface area (Å²) in [6.45, 7) is 4.74. The van der Waals surface area contributed by atoms with Crippen LogP contribution in [0.25, 0.3) is 11.3 Å². The Labute approximate surface area is 178 Å². The highest BCUT2D eigenvalue weighted by molar-refractivity contribution is 7.10. The molecule has 3 aromatic rings. The maximum absolute atomic E-state index is 12.5. The first-order chi connectivity index (χ1) is 14.4. The Morgan fingerprint density at radius 3 is 2.73 bits per heavy atom. The standard InChI is InChI=1S/C23H23NO5S/c1-13(2)12-29-21-8-14-7-18(22-5-4-6-30-22)24-11-16(23(26)27)19(25)10-17(24)15(14)9-20(21)28-3/h4-6,8-11,13,18H,7,12H2,1-3H3,(H,26,27). The molecule has 0 saturated carbocycles. The van der Waals surface area contributed by atoms with Crippen LogP contribution in [0.5, 0.6) is 11.5 Å². The van der Waals surface area contributed by atoms with E-state index in [9.17, 15) is 14.7 Å². The minimum absolute atomic E-state index is 0.0995. The van der Waals surface area contributed by atoms with Crippen LogP contribution in [-0.2, 0) is 6.42 Å². The molecule has 6 nitrogen and oxygen atoms in total. The molecule has 1 atom stereocenters. The van der Waals surface area contributed by atoms with E-state index < -0.39 is 11.4 Å². The molecule has 2 aromatic heterocycles. The summed E-state index contributed by atoms with van der Waals surface area (Å²) in [7, 11) is 1.59. The minimum Gasteiger partial charge on any atom is -0.493 e. The van der Waals surface area contributed by atoms with Crippen LogP contribution in [0, 0.1) is 5.92 Å². The van der Waals surface area contributed by atoms with Crippen molar-refractivity contribution in [3.05, 3.63) is 68.1 Å². The van der Waals surface area contributed by atoms with Gasteiger partial charge < -0.3 is 19.1 Å². The summed E-state index contributed by atoms with van der Waals surface area (Å²) in [5, 5.41) is 11.5. The molecule has 0 radical (unpaired) electrons. The quantitative estimate of drug-likeness (QED) is 0.631. The van der Waals surface area contributed by atoms with Crippen molar-refractivity contribution >= 4 is 17.3 Å². The summed E-state index contributed by atoms with van der Waals surface area (Å²) < 4.78 is 13.4. The third-order valence-electron chi connectivity index (χ3n) is 5.17. The zero-order valence-corrected chi connectivity index (χ0v) is 17.9. The van der Waals surface area contributed by atoms with Crippen molar-refractivity contribution in [3.63, 3.8) is 0 Å². The smallest absolute Gasteiger partial charge is 0.341 e. The lowest BCUT2D eigenvalue weighted by Crippen LogP contribution is -2.25. The van der Waals surface area contributed by atoms with E-state index in [1.807, 2.05) is 34.2 Å². The molecule has 1 aliphatic rings. The summed E-state index contributed by atoms with van der Waals surface area (Å²) in [4.78, 5) is 25.2. The molecule has 0 bridgehead atoms. The molecule has 0 aliphatic carbocycles. The number of nitrogens with zero attached hydrogens (tertiary/aromatic N) is 1. The first-order valence-electron chi connectivity index (χ1n) is 9.76. The van der Waals surface area contributed by atoms with E-state index in [0.717, 1.165) is 16.0 Å². The van der Waals surface area contributed by atoms with Crippen LogP contribution in [0.15, 0.2) is 46.7 Å². The lowest BCUT2D eigenvalue weighted by Gasteiger charge is -2.31. The largest absolute Gasteiger partial charge is 0.493 e. The molecule has 7 heteroatoms. The molecule has 1 aliphatic heterocycles. The number of methoxy groups -OCH3 is 1. The Morgan fingerprint density at radius 2 is 2.10 bits per heavy atom. The number of carboxylic acids is 1. The minimum atomic E-state index is -1.22. The van der Waals surface area contributed by atoms with Gasteiger partial charge in [-0.25, -0.2) is 4.79 Å². The molecular weight excluding hydrogens is 402 g/mol. The van der Waals surface area contributed by atoms with Gasteiger partial charge in [0.05, 0.1) is 25.5 Å².